The first-order valence-electron chi connectivity index (χ1n) is 8.15. The molecule has 1 fully saturated rings. The van der Waals surface area contributed by atoms with Crippen molar-refractivity contribution in [2.75, 3.05) is 5.32 Å². The highest BCUT2D eigenvalue weighted by Gasteiger charge is 2.17. The van der Waals surface area contributed by atoms with E-state index in [2.05, 4.69) is 15.7 Å². The molecule has 1 heterocycles. The number of urea groups is 1. The molecule has 1 saturated carbocycles. The lowest BCUT2D eigenvalue weighted by molar-refractivity contribution is 0.244. The Bertz CT molecular complexity index is 712. The van der Waals surface area contributed by atoms with E-state index in [0.29, 0.717) is 17.4 Å². The molecule has 5 nitrogen and oxygen atoms in total. The number of hydrogen-bond acceptors (Lipinski definition) is 2. The number of anilines is 1. The molecule has 24 heavy (non-hydrogen) atoms. The molecule has 3 rings (SSSR count). The molecular weight excluding hydrogens is 331 g/mol. The lowest BCUT2D eigenvalue weighted by Gasteiger charge is -2.22. The van der Waals surface area contributed by atoms with Gasteiger partial charge in [-0.15, -0.1) is 0 Å². The Labute approximate surface area is 145 Å². The average Bonchev–Trinajstić information content (AvgIpc) is 2.87. The molecule has 0 unspecified atom stereocenters. The maximum Gasteiger partial charge on any atom is 0.320 e. The maximum atomic E-state index is 13.2. The molecule has 1 aliphatic rings. The highest BCUT2D eigenvalue weighted by molar-refractivity contribution is 6.33. The van der Waals surface area contributed by atoms with Gasteiger partial charge in [0, 0.05) is 12.2 Å². The zero-order valence-corrected chi connectivity index (χ0v) is 14.0. The fourth-order valence-electron chi connectivity index (χ4n) is 2.96. The van der Waals surface area contributed by atoms with Crippen LogP contribution in [0.3, 0.4) is 0 Å². The Balaban J connectivity index is 1.60. The zero-order chi connectivity index (χ0) is 16.9. The Morgan fingerprint density at radius 1 is 1.33 bits per heavy atom. The van der Waals surface area contributed by atoms with E-state index in [9.17, 15) is 9.18 Å². The topological polar surface area (TPSA) is 59.0 Å². The van der Waals surface area contributed by atoms with Crippen molar-refractivity contribution in [3.8, 4) is 0 Å². The van der Waals surface area contributed by atoms with Gasteiger partial charge in [-0.05, 0) is 30.5 Å². The van der Waals surface area contributed by atoms with Crippen LogP contribution in [0.5, 0.6) is 0 Å². The van der Waals surface area contributed by atoms with E-state index in [1.54, 1.807) is 16.9 Å². The van der Waals surface area contributed by atoms with Crippen LogP contribution in [0.2, 0.25) is 5.02 Å². The van der Waals surface area contributed by atoms with Gasteiger partial charge in [0.1, 0.15) is 10.8 Å². The van der Waals surface area contributed by atoms with Crippen LogP contribution in [0.1, 0.15) is 37.7 Å². The van der Waals surface area contributed by atoms with Gasteiger partial charge in [0.25, 0.3) is 0 Å². The molecule has 1 aliphatic carbocycles. The summed E-state index contributed by atoms with van der Waals surface area (Å²) in [5, 5.41) is 10.3. The van der Waals surface area contributed by atoms with E-state index in [0.717, 1.165) is 31.2 Å². The van der Waals surface area contributed by atoms with Crippen molar-refractivity contribution < 1.29 is 9.18 Å². The van der Waals surface area contributed by atoms with Crippen LogP contribution in [0.4, 0.5) is 15.0 Å². The highest BCUT2D eigenvalue weighted by atomic mass is 35.5. The standard InChI is InChI=1S/C17H20ClFN4O/c18-15-11-23(10-12-5-4-6-13(19)9-12)22-16(15)21-17(24)20-14-7-2-1-3-8-14/h4-6,9,11,14H,1-3,7-8,10H2,(H2,20,21,22,24). The minimum atomic E-state index is -0.295. The third-order valence-corrected chi connectivity index (χ3v) is 4.40. The molecular formula is C17H20ClFN4O. The van der Waals surface area contributed by atoms with E-state index < -0.39 is 0 Å². The van der Waals surface area contributed by atoms with Crippen molar-refractivity contribution in [3.63, 3.8) is 0 Å². The smallest absolute Gasteiger partial charge is 0.320 e. The van der Waals surface area contributed by atoms with Gasteiger partial charge in [-0.1, -0.05) is 43.0 Å². The predicted molar refractivity (Wildman–Crippen MR) is 91.8 cm³/mol. The molecule has 0 atom stereocenters. The van der Waals surface area contributed by atoms with Crippen molar-refractivity contribution in [1.82, 2.24) is 15.1 Å². The van der Waals surface area contributed by atoms with Crippen LogP contribution in [-0.2, 0) is 6.54 Å². The molecule has 0 saturated heterocycles. The summed E-state index contributed by atoms with van der Waals surface area (Å²) in [6, 6.07) is 6.21. The minimum absolute atomic E-state index is 0.215. The van der Waals surface area contributed by atoms with Gasteiger partial charge in [0.05, 0.1) is 6.54 Å². The number of carbonyl (C=O) groups excluding carboxylic acids is 1. The second-order valence-corrected chi connectivity index (χ2v) is 6.49. The molecule has 128 valence electrons. The molecule has 1 aromatic carbocycles. The first-order valence-corrected chi connectivity index (χ1v) is 8.53. The second kappa shape index (κ2) is 7.66. The number of halogens is 2. The van der Waals surface area contributed by atoms with Crippen LogP contribution in [-0.4, -0.2) is 21.9 Å². The lowest BCUT2D eigenvalue weighted by Crippen LogP contribution is -2.39. The van der Waals surface area contributed by atoms with Crippen LogP contribution < -0.4 is 10.6 Å². The summed E-state index contributed by atoms with van der Waals surface area (Å²) >= 11 is 6.13. The van der Waals surface area contributed by atoms with Gasteiger partial charge in [-0.2, -0.15) is 5.10 Å². The maximum absolute atomic E-state index is 13.2. The molecule has 2 N–H and O–H groups in total. The predicted octanol–water partition coefficient (Wildman–Crippen LogP) is 4.18. The Kier molecular flexibility index (Phi) is 5.35. The van der Waals surface area contributed by atoms with Gasteiger partial charge in [0.15, 0.2) is 5.82 Å². The molecule has 0 bridgehead atoms. The number of amides is 2. The van der Waals surface area contributed by atoms with E-state index in [-0.39, 0.29) is 17.9 Å². The minimum Gasteiger partial charge on any atom is -0.335 e. The summed E-state index contributed by atoms with van der Waals surface area (Å²) < 4.78 is 14.8. The van der Waals surface area contributed by atoms with Crippen molar-refractivity contribution in [2.45, 2.75) is 44.7 Å². The van der Waals surface area contributed by atoms with E-state index in [1.165, 1.54) is 18.6 Å². The fraction of sp³-hybridized carbons (Fsp3) is 0.412. The molecule has 0 aliphatic heterocycles. The number of aromatic nitrogens is 2. The third-order valence-electron chi connectivity index (χ3n) is 4.12. The fourth-order valence-corrected chi connectivity index (χ4v) is 3.16. The third kappa shape index (κ3) is 4.47. The Morgan fingerprint density at radius 2 is 2.12 bits per heavy atom. The van der Waals surface area contributed by atoms with Gasteiger partial charge < -0.3 is 5.32 Å². The normalized spacial score (nSPS) is 15.2. The van der Waals surface area contributed by atoms with Crippen molar-refractivity contribution in [3.05, 3.63) is 46.9 Å². The Hall–Kier alpha value is -2.08. The number of hydrogen-bond donors (Lipinski definition) is 2. The summed E-state index contributed by atoms with van der Waals surface area (Å²) in [6.07, 6.45) is 7.16. The second-order valence-electron chi connectivity index (χ2n) is 6.09. The summed E-state index contributed by atoms with van der Waals surface area (Å²) in [7, 11) is 0. The number of nitrogens with one attached hydrogen (secondary N) is 2. The van der Waals surface area contributed by atoms with Crippen LogP contribution in [0, 0.1) is 5.82 Å². The van der Waals surface area contributed by atoms with Crippen LogP contribution >= 0.6 is 11.6 Å². The average molecular weight is 351 g/mol. The van der Waals surface area contributed by atoms with Gasteiger partial charge in [0.2, 0.25) is 0 Å². The molecule has 2 amide bonds. The van der Waals surface area contributed by atoms with Gasteiger partial charge in [-0.3, -0.25) is 10.00 Å². The van der Waals surface area contributed by atoms with E-state index in [4.69, 9.17) is 11.6 Å². The van der Waals surface area contributed by atoms with Crippen molar-refractivity contribution in [1.29, 1.82) is 0 Å². The van der Waals surface area contributed by atoms with Gasteiger partial charge in [-0.25, -0.2) is 9.18 Å². The SMILES string of the molecule is O=C(Nc1nn(Cc2cccc(F)c2)cc1Cl)NC1CCCCC1. The van der Waals surface area contributed by atoms with Crippen molar-refractivity contribution >= 4 is 23.4 Å². The number of benzene rings is 1. The van der Waals surface area contributed by atoms with Crippen LogP contribution in [0.15, 0.2) is 30.5 Å². The number of rotatable bonds is 4. The summed E-state index contributed by atoms with van der Waals surface area (Å²) in [6.45, 7) is 0.378. The number of carbonyl (C=O) groups is 1. The van der Waals surface area contributed by atoms with Crippen LogP contribution in [0.25, 0.3) is 0 Å². The van der Waals surface area contributed by atoms with Gasteiger partial charge >= 0.3 is 6.03 Å². The first-order chi connectivity index (χ1) is 11.6. The quantitative estimate of drug-likeness (QED) is 0.869. The van der Waals surface area contributed by atoms with E-state index >= 15 is 0 Å². The molecule has 1 aromatic heterocycles. The molecule has 2 aromatic rings. The largest absolute Gasteiger partial charge is 0.335 e. The van der Waals surface area contributed by atoms with Crippen molar-refractivity contribution in [2.24, 2.45) is 0 Å². The number of nitrogens with zero attached hydrogens (tertiary/aromatic N) is 2. The van der Waals surface area contributed by atoms with E-state index in [1.807, 2.05) is 6.07 Å². The first kappa shape index (κ1) is 16.8. The molecule has 0 spiro atoms. The monoisotopic (exact) mass is 350 g/mol. The molecule has 0 radical (unpaired) electrons. The summed E-state index contributed by atoms with van der Waals surface area (Å²) in [5.74, 6) is 0.0114. The lowest BCUT2D eigenvalue weighted by atomic mass is 9.96. The molecule has 7 heteroatoms. The summed E-state index contributed by atoms with van der Waals surface area (Å²) in [4.78, 5) is 12.1. The Morgan fingerprint density at radius 3 is 2.88 bits per heavy atom. The highest BCUT2D eigenvalue weighted by Crippen LogP contribution is 2.21. The zero-order valence-electron chi connectivity index (χ0n) is 13.3. The summed E-state index contributed by atoms with van der Waals surface area (Å²) in [5.41, 5.74) is 0.771.